The number of hydrogen-bond acceptors (Lipinski definition) is 5. The Morgan fingerprint density at radius 3 is 2.67 bits per heavy atom. The van der Waals surface area contributed by atoms with Crippen molar-refractivity contribution in [2.75, 3.05) is 5.32 Å². The topological polar surface area (TPSA) is 107 Å². The van der Waals surface area contributed by atoms with Crippen molar-refractivity contribution in [1.29, 1.82) is 0 Å². The number of aromatic nitrogens is 2. The van der Waals surface area contributed by atoms with Crippen LogP contribution < -0.4 is 10.9 Å². The monoisotopic (exact) mass is 384 g/mol. The number of halogens is 1. The van der Waals surface area contributed by atoms with Crippen molar-refractivity contribution in [2.45, 2.75) is 6.54 Å². The summed E-state index contributed by atoms with van der Waals surface area (Å²) in [6.07, 6.45) is 0. The molecule has 3 rings (SSSR count). The van der Waals surface area contributed by atoms with Gasteiger partial charge in [-0.2, -0.15) is 5.10 Å². The van der Waals surface area contributed by atoms with E-state index in [4.69, 9.17) is 11.6 Å². The summed E-state index contributed by atoms with van der Waals surface area (Å²) in [5, 5.41) is 18.2. The molecule has 1 aromatic heterocycles. The molecule has 0 saturated carbocycles. The zero-order chi connectivity index (χ0) is 19.4. The van der Waals surface area contributed by atoms with E-state index < -0.39 is 16.4 Å². The predicted molar refractivity (Wildman–Crippen MR) is 101 cm³/mol. The third-order valence-electron chi connectivity index (χ3n) is 3.62. The molecule has 0 aliphatic carbocycles. The molecular formula is C18H13ClN4O4. The standard InChI is InChI=1S/C18H13ClN4O4/c19-13-4-2-5-14(10-13)20-17(24)11-22-18(25)8-7-16(21-22)12-3-1-6-15(9-12)23(26)27/h1-10H,11H2,(H,20,24). The molecule has 1 amide bonds. The molecule has 0 unspecified atom stereocenters. The first-order chi connectivity index (χ1) is 12.9. The number of carbonyl (C=O) groups excluding carboxylic acids is 1. The van der Waals surface area contributed by atoms with Crippen LogP contribution in [-0.2, 0) is 11.3 Å². The molecule has 0 fully saturated rings. The number of nitro benzene ring substituents is 1. The summed E-state index contributed by atoms with van der Waals surface area (Å²) < 4.78 is 0.994. The Morgan fingerprint density at radius 1 is 1.15 bits per heavy atom. The van der Waals surface area contributed by atoms with E-state index in [0.29, 0.717) is 22.0 Å². The number of non-ortho nitro benzene ring substituents is 1. The van der Waals surface area contributed by atoms with Gasteiger partial charge in [-0.15, -0.1) is 0 Å². The molecule has 2 aromatic carbocycles. The maximum Gasteiger partial charge on any atom is 0.270 e. The second kappa shape index (κ2) is 7.79. The van der Waals surface area contributed by atoms with E-state index in [9.17, 15) is 19.7 Å². The molecule has 0 aliphatic rings. The number of benzene rings is 2. The van der Waals surface area contributed by atoms with Gasteiger partial charge in [-0.1, -0.05) is 29.8 Å². The summed E-state index contributed by atoms with van der Waals surface area (Å²) in [5.41, 5.74) is 0.744. The van der Waals surface area contributed by atoms with Gasteiger partial charge in [0.05, 0.1) is 10.6 Å². The molecular weight excluding hydrogens is 372 g/mol. The van der Waals surface area contributed by atoms with Crippen LogP contribution in [0.4, 0.5) is 11.4 Å². The van der Waals surface area contributed by atoms with Crippen LogP contribution in [0.3, 0.4) is 0 Å². The largest absolute Gasteiger partial charge is 0.324 e. The fraction of sp³-hybridized carbons (Fsp3) is 0.0556. The molecule has 0 bridgehead atoms. The highest BCUT2D eigenvalue weighted by molar-refractivity contribution is 6.30. The van der Waals surface area contributed by atoms with Crippen molar-refractivity contribution in [1.82, 2.24) is 9.78 Å². The van der Waals surface area contributed by atoms with Gasteiger partial charge >= 0.3 is 0 Å². The van der Waals surface area contributed by atoms with E-state index in [1.54, 1.807) is 30.3 Å². The fourth-order valence-corrected chi connectivity index (χ4v) is 2.59. The number of nitrogens with one attached hydrogen (secondary N) is 1. The van der Waals surface area contributed by atoms with Crippen molar-refractivity contribution in [2.24, 2.45) is 0 Å². The highest BCUT2D eigenvalue weighted by Crippen LogP contribution is 2.21. The van der Waals surface area contributed by atoms with Crippen LogP contribution >= 0.6 is 11.6 Å². The first kappa shape index (κ1) is 18.3. The van der Waals surface area contributed by atoms with Gasteiger partial charge in [0.1, 0.15) is 6.54 Å². The molecule has 8 nitrogen and oxygen atoms in total. The van der Waals surface area contributed by atoms with E-state index in [0.717, 1.165) is 4.68 Å². The van der Waals surface area contributed by atoms with E-state index in [-0.39, 0.29) is 12.2 Å². The first-order valence-electron chi connectivity index (χ1n) is 7.81. The molecule has 136 valence electrons. The van der Waals surface area contributed by atoms with Crippen molar-refractivity contribution in [3.05, 3.63) is 86.2 Å². The highest BCUT2D eigenvalue weighted by atomic mass is 35.5. The van der Waals surface area contributed by atoms with Gasteiger partial charge in [0.2, 0.25) is 5.91 Å². The average molecular weight is 385 g/mol. The van der Waals surface area contributed by atoms with Gasteiger partial charge in [-0.3, -0.25) is 19.7 Å². The third kappa shape index (κ3) is 4.56. The summed E-state index contributed by atoms with van der Waals surface area (Å²) in [6.45, 7) is -0.311. The van der Waals surface area contributed by atoms with Gasteiger partial charge in [0, 0.05) is 34.5 Å². The Bertz CT molecular complexity index is 1080. The minimum atomic E-state index is -0.516. The van der Waals surface area contributed by atoms with Gasteiger partial charge in [-0.05, 0) is 24.3 Å². The lowest BCUT2D eigenvalue weighted by molar-refractivity contribution is -0.384. The quantitative estimate of drug-likeness (QED) is 0.537. The van der Waals surface area contributed by atoms with E-state index >= 15 is 0 Å². The second-order valence-corrected chi connectivity index (χ2v) is 6.02. The number of hydrogen-bond donors (Lipinski definition) is 1. The summed E-state index contributed by atoms with van der Waals surface area (Å²) in [7, 11) is 0. The molecule has 1 N–H and O–H groups in total. The first-order valence-corrected chi connectivity index (χ1v) is 8.18. The molecule has 0 aliphatic heterocycles. The molecule has 27 heavy (non-hydrogen) atoms. The molecule has 9 heteroatoms. The van der Waals surface area contributed by atoms with E-state index in [1.807, 2.05) is 0 Å². The molecule has 3 aromatic rings. The second-order valence-electron chi connectivity index (χ2n) is 5.58. The Kier molecular flexibility index (Phi) is 5.28. The molecule has 0 spiro atoms. The van der Waals surface area contributed by atoms with Crippen molar-refractivity contribution in [3.63, 3.8) is 0 Å². The van der Waals surface area contributed by atoms with Crippen LogP contribution in [0.2, 0.25) is 5.02 Å². The van der Waals surface area contributed by atoms with Crippen LogP contribution in [0.5, 0.6) is 0 Å². The van der Waals surface area contributed by atoms with Crippen molar-refractivity contribution < 1.29 is 9.72 Å². The van der Waals surface area contributed by atoms with Gasteiger partial charge in [-0.25, -0.2) is 4.68 Å². The predicted octanol–water partition coefficient (Wildman–Crippen LogP) is 3.11. The summed E-state index contributed by atoms with van der Waals surface area (Å²) in [5.74, 6) is -0.456. The van der Waals surface area contributed by atoms with Gasteiger partial charge in [0.25, 0.3) is 11.2 Å². The molecule has 1 heterocycles. The summed E-state index contributed by atoms with van der Waals surface area (Å²) in [6, 6.07) is 15.2. The van der Waals surface area contributed by atoms with Gasteiger partial charge in [0.15, 0.2) is 0 Å². The Hall–Kier alpha value is -3.52. The SMILES string of the molecule is O=C(Cn1nc(-c2cccc([N+](=O)[O-])c2)ccc1=O)Nc1cccc(Cl)c1. The maximum absolute atomic E-state index is 12.2. The van der Waals surface area contributed by atoms with Crippen molar-refractivity contribution >= 4 is 28.9 Å². The highest BCUT2D eigenvalue weighted by Gasteiger charge is 2.11. The third-order valence-corrected chi connectivity index (χ3v) is 3.86. The minimum absolute atomic E-state index is 0.0919. The number of nitrogens with zero attached hydrogens (tertiary/aromatic N) is 3. The maximum atomic E-state index is 12.2. The summed E-state index contributed by atoms with van der Waals surface area (Å²) in [4.78, 5) is 34.6. The minimum Gasteiger partial charge on any atom is -0.324 e. The number of anilines is 1. The van der Waals surface area contributed by atoms with Crippen molar-refractivity contribution in [3.8, 4) is 11.3 Å². The number of rotatable bonds is 5. The van der Waals surface area contributed by atoms with E-state index in [1.165, 1.54) is 30.3 Å². The lowest BCUT2D eigenvalue weighted by Crippen LogP contribution is -2.29. The van der Waals surface area contributed by atoms with E-state index in [2.05, 4.69) is 10.4 Å². The van der Waals surface area contributed by atoms with Gasteiger partial charge < -0.3 is 5.32 Å². The fourth-order valence-electron chi connectivity index (χ4n) is 2.40. The number of amides is 1. The lowest BCUT2D eigenvalue weighted by Gasteiger charge is -2.08. The number of nitro groups is 1. The zero-order valence-electron chi connectivity index (χ0n) is 13.8. The van der Waals surface area contributed by atoms with Crippen LogP contribution in [0.15, 0.2) is 65.5 Å². The molecule has 0 radical (unpaired) electrons. The number of carbonyl (C=O) groups is 1. The average Bonchev–Trinajstić information content (AvgIpc) is 2.63. The smallest absolute Gasteiger partial charge is 0.270 e. The Morgan fingerprint density at radius 2 is 1.93 bits per heavy atom. The Balaban J connectivity index is 1.83. The van der Waals surface area contributed by atoms with Crippen LogP contribution in [0, 0.1) is 10.1 Å². The van der Waals surface area contributed by atoms with Crippen LogP contribution in [-0.4, -0.2) is 20.6 Å². The Labute approximate surface area is 158 Å². The normalized spacial score (nSPS) is 10.4. The summed E-state index contributed by atoms with van der Waals surface area (Å²) >= 11 is 5.87. The van der Waals surface area contributed by atoms with Crippen LogP contribution in [0.1, 0.15) is 0 Å². The van der Waals surface area contributed by atoms with Crippen LogP contribution in [0.25, 0.3) is 11.3 Å². The zero-order valence-corrected chi connectivity index (χ0v) is 14.6. The molecule has 0 saturated heterocycles. The lowest BCUT2D eigenvalue weighted by atomic mass is 10.1. The molecule has 0 atom stereocenters.